The van der Waals surface area contributed by atoms with Gasteiger partial charge in [-0.3, -0.25) is 14.4 Å². The highest BCUT2D eigenvalue weighted by Gasteiger charge is 2.49. The topological polar surface area (TPSA) is 83.9 Å². The van der Waals surface area contributed by atoms with Crippen molar-refractivity contribution in [1.82, 2.24) is 4.90 Å². The molecule has 2 aliphatic carbocycles. The van der Waals surface area contributed by atoms with Crippen LogP contribution in [0.1, 0.15) is 76.8 Å². The van der Waals surface area contributed by atoms with Gasteiger partial charge in [-0.25, -0.2) is 0 Å². The fourth-order valence-corrected chi connectivity index (χ4v) is 6.65. The van der Waals surface area contributed by atoms with Crippen LogP contribution in [-0.4, -0.2) is 34.1 Å². The SMILES string of the molecule is CC1(C)CC(=O)C2=C(C1)N(CCC(=O)O)C1=C(C(=O)CC(C)(C)C1)C2c1ccc(OCc2ccccc2)c(Cl)c1. The highest BCUT2D eigenvalue weighted by atomic mass is 35.5. The maximum absolute atomic E-state index is 13.8. The molecule has 0 aromatic heterocycles. The highest BCUT2D eigenvalue weighted by Crippen LogP contribution is 2.54. The first kappa shape index (κ1) is 28.2. The van der Waals surface area contributed by atoms with Crippen molar-refractivity contribution in [2.45, 2.75) is 72.3 Å². The van der Waals surface area contributed by atoms with Crippen LogP contribution in [0.25, 0.3) is 0 Å². The third-order valence-corrected chi connectivity index (χ3v) is 8.39. The van der Waals surface area contributed by atoms with Gasteiger partial charge >= 0.3 is 5.97 Å². The Balaban J connectivity index is 1.61. The van der Waals surface area contributed by atoms with E-state index in [-0.39, 0.29) is 35.4 Å². The maximum atomic E-state index is 13.8. The van der Waals surface area contributed by atoms with Gasteiger partial charge in [-0.05, 0) is 46.9 Å². The molecule has 0 fully saturated rings. The smallest absolute Gasteiger partial charge is 0.305 e. The molecule has 1 heterocycles. The third kappa shape index (κ3) is 5.60. The molecule has 0 bridgehead atoms. The van der Waals surface area contributed by atoms with Crippen LogP contribution in [0, 0.1) is 10.8 Å². The van der Waals surface area contributed by atoms with Crippen LogP contribution in [-0.2, 0) is 21.0 Å². The standard InChI is InChI=1S/C33H36ClNO5/c1-32(2)15-23-30(25(36)17-32)29(21-10-11-27(22(34)14-21)40-19-20-8-6-5-7-9-20)31-24(35(23)13-12-28(38)39)16-33(3,4)18-26(31)37/h5-11,14,29H,12-13,15-19H2,1-4H3,(H,38,39). The predicted molar refractivity (Wildman–Crippen MR) is 154 cm³/mol. The zero-order valence-corrected chi connectivity index (χ0v) is 24.3. The lowest BCUT2D eigenvalue weighted by molar-refractivity contribution is -0.137. The zero-order chi connectivity index (χ0) is 28.8. The lowest BCUT2D eigenvalue weighted by atomic mass is 9.63. The summed E-state index contributed by atoms with van der Waals surface area (Å²) in [7, 11) is 0. The Morgan fingerprint density at radius 2 is 1.50 bits per heavy atom. The molecule has 0 amide bonds. The second-order valence-corrected chi connectivity index (χ2v) is 13.2. The van der Waals surface area contributed by atoms with E-state index in [1.807, 2.05) is 53.4 Å². The van der Waals surface area contributed by atoms with Crippen LogP contribution in [0.2, 0.25) is 5.02 Å². The van der Waals surface area contributed by atoms with Crippen molar-refractivity contribution in [2.75, 3.05) is 6.54 Å². The summed E-state index contributed by atoms with van der Waals surface area (Å²) in [5.74, 6) is -0.919. The number of carbonyl (C=O) groups excluding carboxylic acids is 2. The number of carboxylic acids is 1. The van der Waals surface area contributed by atoms with Gasteiger partial charge in [0, 0.05) is 47.8 Å². The summed E-state index contributed by atoms with van der Waals surface area (Å²) in [4.78, 5) is 41.3. The molecule has 2 aromatic carbocycles. The molecule has 0 saturated carbocycles. The summed E-state index contributed by atoms with van der Waals surface area (Å²) in [6, 6.07) is 15.3. The quantitative estimate of drug-likeness (QED) is 0.389. The molecule has 0 radical (unpaired) electrons. The van der Waals surface area contributed by atoms with Crippen molar-refractivity contribution in [3.8, 4) is 5.75 Å². The number of rotatable bonds is 7. The Labute approximate surface area is 240 Å². The van der Waals surface area contributed by atoms with E-state index in [9.17, 15) is 19.5 Å². The van der Waals surface area contributed by atoms with Crippen LogP contribution >= 0.6 is 11.6 Å². The number of hydrogen-bond donors (Lipinski definition) is 1. The van der Waals surface area contributed by atoms with Crippen molar-refractivity contribution in [1.29, 1.82) is 0 Å². The van der Waals surface area contributed by atoms with Crippen molar-refractivity contribution in [2.24, 2.45) is 10.8 Å². The molecule has 0 spiro atoms. The van der Waals surface area contributed by atoms with E-state index in [4.69, 9.17) is 16.3 Å². The van der Waals surface area contributed by atoms with Gasteiger partial charge in [-0.2, -0.15) is 0 Å². The molecule has 0 atom stereocenters. The van der Waals surface area contributed by atoms with Gasteiger partial charge < -0.3 is 14.7 Å². The second kappa shape index (κ2) is 10.5. The normalized spacial score (nSPS) is 20.4. The monoisotopic (exact) mass is 561 g/mol. The number of ketones is 2. The van der Waals surface area contributed by atoms with Crippen LogP contribution in [0.3, 0.4) is 0 Å². The minimum Gasteiger partial charge on any atom is -0.487 e. The number of benzene rings is 2. The average molecular weight is 562 g/mol. The number of ether oxygens (including phenoxy) is 1. The highest BCUT2D eigenvalue weighted by molar-refractivity contribution is 6.32. The van der Waals surface area contributed by atoms with E-state index in [1.54, 1.807) is 0 Å². The molecule has 2 aromatic rings. The van der Waals surface area contributed by atoms with E-state index < -0.39 is 11.9 Å². The zero-order valence-electron chi connectivity index (χ0n) is 23.6. The summed E-state index contributed by atoms with van der Waals surface area (Å²) in [6.45, 7) is 8.85. The first-order chi connectivity index (χ1) is 18.8. The Morgan fingerprint density at radius 3 is 2.02 bits per heavy atom. The van der Waals surface area contributed by atoms with Crippen molar-refractivity contribution < 1.29 is 24.2 Å². The molecule has 6 nitrogen and oxygen atoms in total. The summed E-state index contributed by atoms with van der Waals surface area (Å²) in [5.41, 5.74) is 4.13. The molecule has 1 N–H and O–H groups in total. The van der Waals surface area contributed by atoms with Crippen molar-refractivity contribution in [3.63, 3.8) is 0 Å². The Morgan fingerprint density at radius 1 is 0.925 bits per heavy atom. The van der Waals surface area contributed by atoms with Crippen LogP contribution < -0.4 is 4.74 Å². The van der Waals surface area contributed by atoms with Gasteiger partial charge in [-0.1, -0.05) is 75.7 Å². The first-order valence-corrected chi connectivity index (χ1v) is 14.2. The molecule has 0 saturated heterocycles. The third-order valence-electron chi connectivity index (χ3n) is 8.10. The number of hydrogen-bond acceptors (Lipinski definition) is 5. The number of carbonyl (C=O) groups is 3. The fraction of sp³-hybridized carbons (Fsp3) is 0.424. The molecule has 5 rings (SSSR count). The minimum atomic E-state index is -0.910. The molecular formula is C33H36ClNO5. The van der Waals surface area contributed by atoms with E-state index in [0.717, 1.165) is 22.5 Å². The number of halogens is 1. The number of nitrogens with zero attached hydrogens (tertiary/aromatic N) is 1. The molecule has 3 aliphatic rings. The summed E-state index contributed by atoms with van der Waals surface area (Å²) in [5, 5.41) is 9.94. The van der Waals surface area contributed by atoms with Gasteiger partial charge in [0.15, 0.2) is 11.6 Å². The number of aliphatic carboxylic acids is 1. The fourth-order valence-electron chi connectivity index (χ4n) is 6.41. The summed E-state index contributed by atoms with van der Waals surface area (Å²) >= 11 is 6.74. The summed E-state index contributed by atoms with van der Waals surface area (Å²) in [6.07, 6.45) is 1.90. The number of carboxylic acid groups (broad SMARTS) is 1. The van der Waals surface area contributed by atoms with Gasteiger partial charge in [0.05, 0.1) is 11.4 Å². The van der Waals surface area contributed by atoms with E-state index >= 15 is 0 Å². The number of allylic oxidation sites excluding steroid dienone is 4. The van der Waals surface area contributed by atoms with Crippen LogP contribution in [0.4, 0.5) is 0 Å². The van der Waals surface area contributed by atoms with Gasteiger partial charge in [0.2, 0.25) is 0 Å². The summed E-state index contributed by atoms with van der Waals surface area (Å²) < 4.78 is 5.99. The van der Waals surface area contributed by atoms with E-state index in [0.29, 0.717) is 54.2 Å². The van der Waals surface area contributed by atoms with Crippen LogP contribution in [0.5, 0.6) is 5.75 Å². The van der Waals surface area contributed by atoms with Crippen molar-refractivity contribution in [3.05, 3.63) is 87.2 Å². The molecule has 0 unspecified atom stereocenters. The predicted octanol–water partition coefficient (Wildman–Crippen LogP) is 7.08. The lowest BCUT2D eigenvalue weighted by Gasteiger charge is -2.49. The maximum Gasteiger partial charge on any atom is 0.305 e. The van der Waals surface area contributed by atoms with E-state index in [1.165, 1.54) is 0 Å². The molecular weight excluding hydrogens is 526 g/mol. The molecule has 7 heteroatoms. The first-order valence-electron chi connectivity index (χ1n) is 13.8. The largest absolute Gasteiger partial charge is 0.487 e. The Bertz CT molecular complexity index is 1380. The van der Waals surface area contributed by atoms with Gasteiger partial charge in [0.25, 0.3) is 0 Å². The number of Topliss-reactive ketones (excluding diaryl/α,β-unsaturated/α-hetero) is 2. The van der Waals surface area contributed by atoms with Crippen LogP contribution in [0.15, 0.2) is 71.1 Å². The second-order valence-electron chi connectivity index (χ2n) is 12.8. The van der Waals surface area contributed by atoms with E-state index in [2.05, 4.69) is 27.7 Å². The van der Waals surface area contributed by atoms with Crippen molar-refractivity contribution >= 4 is 29.1 Å². The van der Waals surface area contributed by atoms with Gasteiger partial charge in [-0.15, -0.1) is 0 Å². The average Bonchev–Trinajstić information content (AvgIpc) is 2.85. The molecule has 210 valence electrons. The molecule has 1 aliphatic heterocycles. The Kier molecular flexibility index (Phi) is 7.43. The van der Waals surface area contributed by atoms with Gasteiger partial charge in [0.1, 0.15) is 12.4 Å². The Hall–Kier alpha value is -3.38. The lowest BCUT2D eigenvalue weighted by Crippen LogP contribution is -2.45. The molecule has 40 heavy (non-hydrogen) atoms. The minimum absolute atomic E-state index is 0.00119.